The first-order chi connectivity index (χ1) is 10.8. The smallest absolute Gasteiger partial charge is 0.0114 e. The number of nitrogens with two attached hydrogens (primary N) is 3. The molecule has 0 aromatic carbocycles. The predicted octanol–water partition coefficient (Wildman–Crippen LogP) is 1.33. The number of rotatable bonds is 2. The molecule has 6 N–H and O–H groups in total. The molecule has 7 aliphatic rings. The maximum Gasteiger partial charge on any atom is 0.0114 e. The Morgan fingerprint density at radius 2 is 1.64 bits per heavy atom. The van der Waals surface area contributed by atoms with Gasteiger partial charge in [-0.3, -0.25) is 0 Å². The SMILES string of the molecule is NCC1C2=C3C4C5CC(C6CCC65)C4C3C(C(N)C2)C1CN. The van der Waals surface area contributed by atoms with Crippen LogP contribution in [0.2, 0.25) is 0 Å². The molecule has 0 aliphatic heterocycles. The molecule has 0 aromatic rings. The van der Waals surface area contributed by atoms with Gasteiger partial charge >= 0.3 is 0 Å². The van der Waals surface area contributed by atoms with E-state index in [0.29, 0.717) is 23.8 Å². The van der Waals surface area contributed by atoms with Crippen molar-refractivity contribution < 1.29 is 0 Å². The third kappa shape index (κ3) is 1.16. The summed E-state index contributed by atoms with van der Waals surface area (Å²) in [6, 6.07) is 0.359. The van der Waals surface area contributed by atoms with E-state index in [2.05, 4.69) is 0 Å². The van der Waals surface area contributed by atoms with Gasteiger partial charge in [-0.05, 0) is 98.0 Å². The van der Waals surface area contributed by atoms with Crippen molar-refractivity contribution in [2.75, 3.05) is 13.1 Å². The van der Waals surface area contributed by atoms with Gasteiger partial charge < -0.3 is 17.2 Å². The molecule has 3 heteroatoms. The topological polar surface area (TPSA) is 78.1 Å². The fraction of sp³-hybridized carbons (Fsp3) is 0.895. The number of fused-ring (bicyclic) bond motifs is 10. The Labute approximate surface area is 133 Å². The molecular weight excluding hydrogens is 270 g/mol. The van der Waals surface area contributed by atoms with Gasteiger partial charge in [0.2, 0.25) is 0 Å². The molecule has 22 heavy (non-hydrogen) atoms. The van der Waals surface area contributed by atoms with Crippen molar-refractivity contribution in [2.45, 2.75) is 31.7 Å². The zero-order chi connectivity index (χ0) is 14.7. The van der Waals surface area contributed by atoms with Gasteiger partial charge in [0.1, 0.15) is 0 Å². The van der Waals surface area contributed by atoms with Crippen LogP contribution in [0.4, 0.5) is 0 Å². The molecule has 5 saturated carbocycles. The van der Waals surface area contributed by atoms with Crippen molar-refractivity contribution in [3.05, 3.63) is 11.1 Å². The molecule has 120 valence electrons. The van der Waals surface area contributed by atoms with Crippen molar-refractivity contribution >= 4 is 0 Å². The highest BCUT2D eigenvalue weighted by Gasteiger charge is 2.72. The predicted molar refractivity (Wildman–Crippen MR) is 86.5 cm³/mol. The minimum Gasteiger partial charge on any atom is -0.330 e. The van der Waals surface area contributed by atoms with Crippen LogP contribution in [-0.4, -0.2) is 19.1 Å². The van der Waals surface area contributed by atoms with Gasteiger partial charge in [0, 0.05) is 6.04 Å². The molecule has 4 bridgehead atoms. The van der Waals surface area contributed by atoms with E-state index in [-0.39, 0.29) is 0 Å². The van der Waals surface area contributed by atoms with Crippen LogP contribution >= 0.6 is 0 Å². The molecule has 0 spiro atoms. The van der Waals surface area contributed by atoms with Crippen LogP contribution in [0.15, 0.2) is 11.1 Å². The van der Waals surface area contributed by atoms with E-state index in [1.807, 2.05) is 5.57 Å². The van der Waals surface area contributed by atoms with Crippen LogP contribution in [0.5, 0.6) is 0 Å². The normalized spacial score (nSPS) is 63.1. The van der Waals surface area contributed by atoms with Gasteiger partial charge in [0.15, 0.2) is 0 Å². The van der Waals surface area contributed by atoms with Gasteiger partial charge in [-0.1, -0.05) is 11.1 Å². The Morgan fingerprint density at radius 1 is 0.864 bits per heavy atom. The Hall–Kier alpha value is -0.380. The quantitative estimate of drug-likeness (QED) is 0.673. The van der Waals surface area contributed by atoms with Crippen molar-refractivity contribution in [1.29, 1.82) is 0 Å². The lowest BCUT2D eigenvalue weighted by Crippen LogP contribution is -2.65. The van der Waals surface area contributed by atoms with E-state index in [1.54, 1.807) is 12.0 Å². The summed E-state index contributed by atoms with van der Waals surface area (Å²) in [5.74, 6) is 8.79. The zero-order valence-electron chi connectivity index (χ0n) is 13.3. The van der Waals surface area contributed by atoms with Crippen LogP contribution < -0.4 is 17.2 Å². The first kappa shape index (κ1) is 13.0. The average Bonchev–Trinajstić information content (AvgIpc) is 2.86. The molecule has 7 rings (SSSR count). The number of allylic oxidation sites excluding steroid dienone is 1. The Bertz CT molecular complexity index is 569. The highest BCUT2D eigenvalue weighted by molar-refractivity contribution is 5.44. The highest BCUT2D eigenvalue weighted by atomic mass is 14.8. The van der Waals surface area contributed by atoms with Crippen molar-refractivity contribution in [3.63, 3.8) is 0 Å². The average molecular weight is 299 g/mol. The Balaban J connectivity index is 1.47. The van der Waals surface area contributed by atoms with E-state index in [1.165, 1.54) is 12.8 Å². The third-order valence-corrected chi connectivity index (χ3v) is 9.25. The molecule has 0 heterocycles. The summed E-state index contributed by atoms with van der Waals surface area (Å²) in [5.41, 5.74) is 22.6. The molecule has 7 aliphatic carbocycles. The largest absolute Gasteiger partial charge is 0.330 e. The molecular formula is C19H29N3. The monoisotopic (exact) mass is 299 g/mol. The van der Waals surface area contributed by atoms with Gasteiger partial charge in [-0.25, -0.2) is 0 Å². The molecule has 3 nitrogen and oxygen atoms in total. The standard InChI is InChI=1S/C19H29N3/c20-5-12-11-4-14(22)15(13(12)6-21)19-17-10-3-9(16(17)18(11)19)7-1-2-8(7)10/h7-10,12-17,19H,1-6,20-22H2. The second kappa shape index (κ2) is 3.99. The minimum atomic E-state index is 0.359. The summed E-state index contributed by atoms with van der Waals surface area (Å²) < 4.78 is 0. The second-order valence-electron chi connectivity index (χ2n) is 9.27. The molecule has 11 atom stereocenters. The molecule has 0 aromatic heterocycles. The first-order valence-electron chi connectivity index (χ1n) is 9.64. The van der Waals surface area contributed by atoms with Crippen LogP contribution in [-0.2, 0) is 0 Å². The van der Waals surface area contributed by atoms with Crippen molar-refractivity contribution in [3.8, 4) is 0 Å². The maximum atomic E-state index is 6.62. The van der Waals surface area contributed by atoms with Gasteiger partial charge in [-0.15, -0.1) is 0 Å². The maximum absolute atomic E-state index is 6.62. The highest BCUT2D eigenvalue weighted by Crippen LogP contribution is 2.77. The Morgan fingerprint density at radius 3 is 2.32 bits per heavy atom. The first-order valence-corrected chi connectivity index (χ1v) is 9.64. The summed E-state index contributed by atoms with van der Waals surface area (Å²) in [4.78, 5) is 0. The molecule has 11 unspecified atom stereocenters. The van der Waals surface area contributed by atoms with Crippen LogP contribution in [0.1, 0.15) is 25.7 Å². The molecule has 5 fully saturated rings. The lowest BCUT2D eigenvalue weighted by atomic mass is 9.38. The number of hydrogen-bond donors (Lipinski definition) is 3. The summed E-state index contributed by atoms with van der Waals surface area (Å²) in [6.45, 7) is 1.57. The van der Waals surface area contributed by atoms with E-state index >= 15 is 0 Å². The fourth-order valence-electron chi connectivity index (χ4n) is 8.71. The van der Waals surface area contributed by atoms with Gasteiger partial charge in [-0.2, -0.15) is 0 Å². The summed E-state index contributed by atoms with van der Waals surface area (Å²) in [7, 11) is 0. The van der Waals surface area contributed by atoms with E-state index < -0.39 is 0 Å². The minimum absolute atomic E-state index is 0.359. The van der Waals surface area contributed by atoms with E-state index in [4.69, 9.17) is 17.2 Å². The lowest BCUT2D eigenvalue weighted by Gasteiger charge is -2.67. The zero-order valence-corrected chi connectivity index (χ0v) is 13.3. The van der Waals surface area contributed by atoms with Gasteiger partial charge in [0.05, 0.1) is 0 Å². The summed E-state index contributed by atoms with van der Waals surface area (Å²) in [5, 5.41) is 0. The summed E-state index contributed by atoms with van der Waals surface area (Å²) >= 11 is 0. The van der Waals surface area contributed by atoms with Crippen LogP contribution in [0.3, 0.4) is 0 Å². The molecule has 0 amide bonds. The Kier molecular flexibility index (Phi) is 2.35. The molecule has 0 saturated heterocycles. The number of hydrogen-bond acceptors (Lipinski definition) is 3. The second-order valence-corrected chi connectivity index (χ2v) is 9.27. The lowest BCUT2D eigenvalue weighted by molar-refractivity contribution is -0.0808. The van der Waals surface area contributed by atoms with Crippen molar-refractivity contribution in [2.24, 2.45) is 76.4 Å². The fourth-order valence-corrected chi connectivity index (χ4v) is 8.71. The summed E-state index contributed by atoms with van der Waals surface area (Å²) in [6.07, 6.45) is 5.72. The molecule has 0 radical (unpaired) electrons. The van der Waals surface area contributed by atoms with E-state index in [0.717, 1.165) is 60.9 Å². The van der Waals surface area contributed by atoms with Crippen molar-refractivity contribution in [1.82, 2.24) is 0 Å². The van der Waals surface area contributed by atoms with E-state index in [9.17, 15) is 0 Å². The van der Waals surface area contributed by atoms with Crippen LogP contribution in [0, 0.1) is 59.2 Å². The van der Waals surface area contributed by atoms with Crippen LogP contribution in [0.25, 0.3) is 0 Å². The third-order valence-electron chi connectivity index (χ3n) is 9.25. The van der Waals surface area contributed by atoms with Gasteiger partial charge in [0.25, 0.3) is 0 Å².